The summed E-state index contributed by atoms with van der Waals surface area (Å²) in [5.41, 5.74) is 3.28. The van der Waals surface area contributed by atoms with Crippen LogP contribution >= 0.6 is 11.6 Å². The molecule has 1 atom stereocenters. The van der Waals surface area contributed by atoms with Crippen molar-refractivity contribution >= 4 is 11.6 Å². The van der Waals surface area contributed by atoms with Crippen molar-refractivity contribution in [2.24, 2.45) is 0 Å². The average molecular weight is 455 g/mol. The first-order valence-electron chi connectivity index (χ1n) is 10.8. The second-order valence-electron chi connectivity index (χ2n) is 8.03. The van der Waals surface area contributed by atoms with Gasteiger partial charge in [0.25, 0.3) is 0 Å². The van der Waals surface area contributed by atoms with Gasteiger partial charge in [-0.05, 0) is 60.0 Å². The van der Waals surface area contributed by atoms with Crippen LogP contribution in [0.2, 0.25) is 5.02 Å². The Hall–Kier alpha value is -2.60. The highest BCUT2D eigenvalue weighted by atomic mass is 35.5. The van der Waals surface area contributed by atoms with E-state index in [-0.39, 0.29) is 12.0 Å². The van der Waals surface area contributed by atoms with Gasteiger partial charge in [0.05, 0.1) is 20.4 Å². The van der Waals surface area contributed by atoms with Crippen LogP contribution in [0.15, 0.2) is 66.7 Å². The minimum Gasteiger partial charge on any atom is -0.497 e. The Morgan fingerprint density at radius 3 is 2.25 bits per heavy atom. The van der Waals surface area contributed by atoms with Gasteiger partial charge in [0, 0.05) is 36.8 Å². The molecule has 168 valence electrons. The molecule has 0 bridgehead atoms. The van der Waals surface area contributed by atoms with E-state index in [1.54, 1.807) is 14.2 Å². The Morgan fingerprint density at radius 1 is 0.875 bits per heavy atom. The highest BCUT2D eigenvalue weighted by Crippen LogP contribution is 2.38. The molecule has 0 unspecified atom stereocenters. The summed E-state index contributed by atoms with van der Waals surface area (Å²) in [5, 5.41) is 0.734. The molecule has 0 amide bonds. The number of ether oxygens (including phenoxy) is 2. The van der Waals surface area contributed by atoms with Gasteiger partial charge in [-0.1, -0.05) is 35.9 Å². The summed E-state index contributed by atoms with van der Waals surface area (Å²) >= 11 is 6.26. The van der Waals surface area contributed by atoms with E-state index in [1.807, 2.05) is 42.5 Å². The minimum absolute atomic E-state index is 0.0298. The first-order chi connectivity index (χ1) is 15.6. The average Bonchev–Trinajstić information content (AvgIpc) is 2.80. The van der Waals surface area contributed by atoms with Crippen LogP contribution in [0.5, 0.6) is 11.5 Å². The molecule has 3 aromatic carbocycles. The lowest BCUT2D eigenvalue weighted by Gasteiger charge is -2.44. The molecule has 1 fully saturated rings. The molecule has 0 N–H and O–H groups in total. The fourth-order valence-corrected chi connectivity index (χ4v) is 4.63. The zero-order valence-corrected chi connectivity index (χ0v) is 19.2. The normalized spacial score (nSPS) is 17.3. The molecule has 1 aliphatic rings. The Labute approximate surface area is 194 Å². The van der Waals surface area contributed by atoms with Crippen LogP contribution in [0.25, 0.3) is 0 Å². The van der Waals surface area contributed by atoms with Gasteiger partial charge in [-0.2, -0.15) is 0 Å². The summed E-state index contributed by atoms with van der Waals surface area (Å²) in [6, 6.07) is 20.7. The molecule has 0 spiro atoms. The SMILES string of the molecule is COc1ccc(OC)c([C@H]2N(Cc3ccc(F)cc3)CCCN2Cc2cccc(Cl)c2)c1. The smallest absolute Gasteiger partial charge is 0.125 e. The van der Waals surface area contributed by atoms with Crippen LogP contribution in [-0.2, 0) is 13.1 Å². The maximum absolute atomic E-state index is 13.5. The van der Waals surface area contributed by atoms with Crippen molar-refractivity contribution < 1.29 is 13.9 Å². The molecule has 1 heterocycles. The van der Waals surface area contributed by atoms with Gasteiger partial charge >= 0.3 is 0 Å². The zero-order chi connectivity index (χ0) is 22.5. The Kier molecular flexibility index (Phi) is 7.30. The monoisotopic (exact) mass is 454 g/mol. The Bertz CT molecular complexity index is 1040. The highest BCUT2D eigenvalue weighted by molar-refractivity contribution is 6.30. The lowest BCUT2D eigenvalue weighted by molar-refractivity contribution is -0.0104. The van der Waals surface area contributed by atoms with Crippen LogP contribution in [0.3, 0.4) is 0 Å². The molecule has 3 aromatic rings. The van der Waals surface area contributed by atoms with E-state index in [1.165, 1.54) is 12.1 Å². The third kappa shape index (κ3) is 5.23. The van der Waals surface area contributed by atoms with E-state index in [9.17, 15) is 4.39 Å². The van der Waals surface area contributed by atoms with Crippen LogP contribution in [0.1, 0.15) is 29.3 Å². The standard InChI is InChI=1S/C26H28ClFN2O2/c1-31-23-11-12-25(32-2)24(16-23)26-29(17-19-7-9-22(28)10-8-19)13-4-14-30(26)18-20-5-3-6-21(27)15-20/h3,5-12,15-16,26H,4,13-14,17-18H2,1-2H3/t26-/m0/s1. The summed E-state index contributed by atoms with van der Waals surface area (Å²) in [5.74, 6) is 1.38. The van der Waals surface area contributed by atoms with E-state index in [4.69, 9.17) is 21.1 Å². The van der Waals surface area contributed by atoms with Crippen molar-refractivity contribution in [3.63, 3.8) is 0 Å². The van der Waals surface area contributed by atoms with Gasteiger partial charge in [0.2, 0.25) is 0 Å². The molecule has 32 heavy (non-hydrogen) atoms. The van der Waals surface area contributed by atoms with Crippen LogP contribution in [-0.4, -0.2) is 37.1 Å². The van der Waals surface area contributed by atoms with Crippen molar-refractivity contribution in [1.29, 1.82) is 0 Å². The van der Waals surface area contributed by atoms with Gasteiger partial charge in [-0.15, -0.1) is 0 Å². The van der Waals surface area contributed by atoms with Gasteiger partial charge in [-0.25, -0.2) is 4.39 Å². The lowest BCUT2D eigenvalue weighted by atomic mass is 10.0. The fraction of sp³-hybridized carbons (Fsp3) is 0.308. The van der Waals surface area contributed by atoms with Gasteiger partial charge in [-0.3, -0.25) is 9.80 Å². The number of methoxy groups -OCH3 is 2. The van der Waals surface area contributed by atoms with E-state index in [0.29, 0.717) is 6.54 Å². The summed E-state index contributed by atoms with van der Waals surface area (Å²) < 4.78 is 24.7. The van der Waals surface area contributed by atoms with Gasteiger partial charge in [0.15, 0.2) is 0 Å². The quantitative estimate of drug-likeness (QED) is 0.443. The summed E-state index contributed by atoms with van der Waals surface area (Å²) in [7, 11) is 3.37. The number of benzene rings is 3. The number of hydrogen-bond acceptors (Lipinski definition) is 4. The molecule has 4 rings (SSSR count). The molecule has 4 nitrogen and oxygen atoms in total. The van der Waals surface area contributed by atoms with Crippen molar-refractivity contribution in [1.82, 2.24) is 9.80 Å². The largest absolute Gasteiger partial charge is 0.497 e. The molecule has 0 aromatic heterocycles. The van der Waals surface area contributed by atoms with E-state index < -0.39 is 0 Å². The molecule has 6 heteroatoms. The predicted octanol–water partition coefficient (Wildman–Crippen LogP) is 5.90. The molecular formula is C26H28ClFN2O2. The Morgan fingerprint density at radius 2 is 1.59 bits per heavy atom. The molecule has 0 saturated carbocycles. The summed E-state index contributed by atoms with van der Waals surface area (Å²) in [6.07, 6.45) is 1.00. The maximum Gasteiger partial charge on any atom is 0.125 e. The summed E-state index contributed by atoms with van der Waals surface area (Å²) in [6.45, 7) is 3.33. The van der Waals surface area contributed by atoms with Crippen molar-refractivity contribution in [3.8, 4) is 11.5 Å². The number of hydrogen-bond donors (Lipinski definition) is 0. The third-order valence-corrected chi connectivity index (χ3v) is 6.11. The van der Waals surface area contributed by atoms with Crippen LogP contribution in [0, 0.1) is 5.82 Å². The lowest BCUT2D eigenvalue weighted by Crippen LogP contribution is -2.47. The topological polar surface area (TPSA) is 24.9 Å². The van der Waals surface area contributed by atoms with Crippen LogP contribution in [0.4, 0.5) is 4.39 Å². The first kappa shape index (κ1) is 22.6. The molecular weight excluding hydrogens is 427 g/mol. The van der Waals surface area contributed by atoms with Crippen LogP contribution < -0.4 is 9.47 Å². The fourth-order valence-electron chi connectivity index (χ4n) is 4.41. The molecule has 1 aliphatic heterocycles. The van der Waals surface area contributed by atoms with E-state index >= 15 is 0 Å². The van der Waals surface area contributed by atoms with Gasteiger partial charge in [0.1, 0.15) is 17.3 Å². The third-order valence-electron chi connectivity index (χ3n) is 5.87. The second kappa shape index (κ2) is 10.3. The van der Waals surface area contributed by atoms with E-state index in [2.05, 4.69) is 21.9 Å². The maximum atomic E-state index is 13.5. The molecule has 0 radical (unpaired) electrons. The number of halogens is 2. The van der Waals surface area contributed by atoms with E-state index in [0.717, 1.165) is 59.3 Å². The summed E-state index contributed by atoms with van der Waals surface area (Å²) in [4.78, 5) is 4.86. The molecule has 1 saturated heterocycles. The van der Waals surface area contributed by atoms with Crippen molar-refractivity contribution in [2.75, 3.05) is 27.3 Å². The zero-order valence-electron chi connectivity index (χ0n) is 18.4. The Balaban J connectivity index is 1.72. The minimum atomic E-state index is -0.221. The number of nitrogens with zero attached hydrogens (tertiary/aromatic N) is 2. The first-order valence-corrected chi connectivity index (χ1v) is 11.1. The predicted molar refractivity (Wildman–Crippen MR) is 126 cm³/mol. The van der Waals surface area contributed by atoms with Crippen molar-refractivity contribution in [3.05, 3.63) is 94.3 Å². The van der Waals surface area contributed by atoms with Crippen molar-refractivity contribution in [2.45, 2.75) is 25.7 Å². The highest BCUT2D eigenvalue weighted by Gasteiger charge is 2.33. The number of rotatable bonds is 7. The second-order valence-corrected chi connectivity index (χ2v) is 8.47. The molecule has 0 aliphatic carbocycles. The van der Waals surface area contributed by atoms with Gasteiger partial charge < -0.3 is 9.47 Å².